The van der Waals surface area contributed by atoms with Crippen molar-refractivity contribution in [2.45, 2.75) is 19.8 Å². The first-order valence-corrected chi connectivity index (χ1v) is 7.67. The highest BCUT2D eigenvalue weighted by Gasteiger charge is 2.20. The zero-order valence-electron chi connectivity index (χ0n) is 11.6. The van der Waals surface area contributed by atoms with Crippen LogP contribution in [0.3, 0.4) is 0 Å². The molecule has 1 aromatic carbocycles. The second-order valence-corrected chi connectivity index (χ2v) is 6.08. The third-order valence-corrected chi connectivity index (χ3v) is 4.35. The molecule has 0 aromatic heterocycles. The molecule has 0 radical (unpaired) electrons. The monoisotopic (exact) mass is 338 g/mol. The first-order valence-electron chi connectivity index (χ1n) is 6.88. The number of benzene rings is 1. The number of hydrogen-bond acceptors (Lipinski definition) is 2. The summed E-state index contributed by atoms with van der Waals surface area (Å²) in [7, 11) is 0. The van der Waals surface area contributed by atoms with E-state index in [0.717, 1.165) is 30.4 Å². The lowest BCUT2D eigenvalue weighted by atomic mass is 9.99. The number of amides is 2. The highest BCUT2D eigenvalue weighted by atomic mass is 79.9. The fraction of sp³-hybridized carbons (Fsp3) is 0.467. The second kappa shape index (κ2) is 6.88. The third-order valence-electron chi connectivity index (χ3n) is 3.65. The smallest absolute Gasteiger partial charge is 0.252 e. The summed E-state index contributed by atoms with van der Waals surface area (Å²) in [6.07, 6.45) is 2.09. The van der Waals surface area contributed by atoms with Gasteiger partial charge in [-0.25, -0.2) is 0 Å². The van der Waals surface area contributed by atoms with Crippen molar-refractivity contribution in [3.05, 3.63) is 34.3 Å². The Balaban J connectivity index is 1.84. The van der Waals surface area contributed by atoms with Gasteiger partial charge in [-0.2, -0.15) is 0 Å². The SMILES string of the molecule is CC1CCN(C(=O)CNC(=O)c2ccccc2Br)CC1. The molecular weight excluding hydrogens is 320 g/mol. The van der Waals surface area contributed by atoms with E-state index in [-0.39, 0.29) is 18.4 Å². The zero-order chi connectivity index (χ0) is 14.5. The van der Waals surface area contributed by atoms with Crippen molar-refractivity contribution in [1.82, 2.24) is 10.2 Å². The van der Waals surface area contributed by atoms with Gasteiger partial charge in [0.05, 0.1) is 12.1 Å². The molecule has 4 nitrogen and oxygen atoms in total. The number of carbonyl (C=O) groups excluding carboxylic acids is 2. The Morgan fingerprint density at radius 3 is 2.60 bits per heavy atom. The molecular formula is C15H19BrN2O2. The van der Waals surface area contributed by atoms with Crippen molar-refractivity contribution in [2.24, 2.45) is 5.92 Å². The Kier molecular flexibility index (Phi) is 5.17. The predicted molar refractivity (Wildman–Crippen MR) is 81.5 cm³/mol. The number of piperidine rings is 1. The minimum absolute atomic E-state index is 0.00250. The molecule has 1 heterocycles. The molecule has 108 valence electrons. The van der Waals surface area contributed by atoms with Gasteiger partial charge < -0.3 is 10.2 Å². The van der Waals surface area contributed by atoms with E-state index in [0.29, 0.717) is 11.5 Å². The van der Waals surface area contributed by atoms with Crippen LogP contribution < -0.4 is 5.32 Å². The van der Waals surface area contributed by atoms with Gasteiger partial charge in [0.15, 0.2) is 0 Å². The summed E-state index contributed by atoms with van der Waals surface area (Å²) >= 11 is 3.33. The van der Waals surface area contributed by atoms with Gasteiger partial charge in [0.25, 0.3) is 5.91 Å². The Morgan fingerprint density at radius 1 is 1.30 bits per heavy atom. The van der Waals surface area contributed by atoms with Crippen molar-refractivity contribution >= 4 is 27.7 Å². The average Bonchev–Trinajstić information content (AvgIpc) is 2.45. The van der Waals surface area contributed by atoms with Crippen LogP contribution >= 0.6 is 15.9 Å². The lowest BCUT2D eigenvalue weighted by molar-refractivity contribution is -0.131. The van der Waals surface area contributed by atoms with E-state index >= 15 is 0 Å². The minimum Gasteiger partial charge on any atom is -0.343 e. The van der Waals surface area contributed by atoms with Crippen molar-refractivity contribution in [3.8, 4) is 0 Å². The summed E-state index contributed by atoms with van der Waals surface area (Å²) in [6, 6.07) is 7.18. The van der Waals surface area contributed by atoms with E-state index in [1.54, 1.807) is 12.1 Å². The molecule has 5 heteroatoms. The van der Waals surface area contributed by atoms with Gasteiger partial charge in [0.2, 0.25) is 5.91 Å². The van der Waals surface area contributed by atoms with Crippen LogP contribution in [-0.4, -0.2) is 36.3 Å². The van der Waals surface area contributed by atoms with Crippen LogP contribution in [0.15, 0.2) is 28.7 Å². The van der Waals surface area contributed by atoms with Gasteiger partial charge in [0.1, 0.15) is 0 Å². The van der Waals surface area contributed by atoms with Gasteiger partial charge in [-0.3, -0.25) is 9.59 Å². The molecule has 1 aromatic rings. The Hall–Kier alpha value is -1.36. The molecule has 2 rings (SSSR count). The predicted octanol–water partition coefficient (Wildman–Crippen LogP) is 2.44. The topological polar surface area (TPSA) is 49.4 Å². The molecule has 1 aliphatic heterocycles. The van der Waals surface area contributed by atoms with Crippen molar-refractivity contribution in [1.29, 1.82) is 0 Å². The number of hydrogen-bond donors (Lipinski definition) is 1. The number of likely N-dealkylation sites (tertiary alicyclic amines) is 1. The quantitative estimate of drug-likeness (QED) is 0.920. The van der Waals surface area contributed by atoms with Crippen LogP contribution in [0.25, 0.3) is 0 Å². The molecule has 1 N–H and O–H groups in total. The summed E-state index contributed by atoms with van der Waals surface area (Å²) < 4.78 is 0.733. The molecule has 0 atom stereocenters. The van der Waals surface area contributed by atoms with Gasteiger partial charge in [-0.15, -0.1) is 0 Å². The number of halogens is 1. The molecule has 0 bridgehead atoms. The van der Waals surface area contributed by atoms with Crippen LogP contribution in [0.2, 0.25) is 0 Å². The van der Waals surface area contributed by atoms with Gasteiger partial charge in [-0.05, 0) is 46.8 Å². The normalized spacial score (nSPS) is 16.0. The van der Waals surface area contributed by atoms with Gasteiger partial charge >= 0.3 is 0 Å². The minimum atomic E-state index is -0.226. The first-order chi connectivity index (χ1) is 9.58. The fourth-order valence-electron chi connectivity index (χ4n) is 2.27. The van der Waals surface area contributed by atoms with Crippen molar-refractivity contribution < 1.29 is 9.59 Å². The number of nitrogens with zero attached hydrogens (tertiary/aromatic N) is 1. The van der Waals surface area contributed by atoms with Gasteiger partial charge in [0, 0.05) is 17.6 Å². The lowest BCUT2D eigenvalue weighted by Crippen LogP contribution is -2.43. The Morgan fingerprint density at radius 2 is 1.95 bits per heavy atom. The first kappa shape index (κ1) is 15.0. The summed E-state index contributed by atoms with van der Waals surface area (Å²) in [5, 5.41) is 2.69. The number of rotatable bonds is 3. The number of nitrogens with one attached hydrogen (secondary N) is 1. The van der Waals surface area contributed by atoms with E-state index in [1.807, 2.05) is 17.0 Å². The highest BCUT2D eigenvalue weighted by Crippen LogP contribution is 2.17. The van der Waals surface area contributed by atoms with E-state index in [1.165, 1.54) is 0 Å². The van der Waals surface area contributed by atoms with Crippen LogP contribution in [-0.2, 0) is 4.79 Å². The molecule has 1 aliphatic rings. The average molecular weight is 339 g/mol. The molecule has 0 unspecified atom stereocenters. The standard InChI is InChI=1S/C15H19BrN2O2/c1-11-6-8-18(9-7-11)14(19)10-17-15(20)12-4-2-3-5-13(12)16/h2-5,11H,6-10H2,1H3,(H,17,20). The second-order valence-electron chi connectivity index (χ2n) is 5.23. The van der Waals surface area contributed by atoms with Crippen LogP contribution in [0.1, 0.15) is 30.1 Å². The molecule has 2 amide bonds. The highest BCUT2D eigenvalue weighted by molar-refractivity contribution is 9.10. The van der Waals surface area contributed by atoms with Crippen molar-refractivity contribution in [3.63, 3.8) is 0 Å². The summed E-state index contributed by atoms with van der Waals surface area (Å²) in [5.74, 6) is 0.461. The third kappa shape index (κ3) is 3.82. The molecule has 20 heavy (non-hydrogen) atoms. The molecule has 0 aliphatic carbocycles. The summed E-state index contributed by atoms with van der Waals surface area (Å²) in [6.45, 7) is 3.86. The maximum absolute atomic E-state index is 12.0. The van der Waals surface area contributed by atoms with Crippen LogP contribution in [0.5, 0.6) is 0 Å². The van der Waals surface area contributed by atoms with E-state index in [2.05, 4.69) is 28.2 Å². The lowest BCUT2D eigenvalue weighted by Gasteiger charge is -2.30. The number of carbonyl (C=O) groups is 2. The largest absolute Gasteiger partial charge is 0.343 e. The Bertz CT molecular complexity index is 496. The van der Waals surface area contributed by atoms with Crippen LogP contribution in [0.4, 0.5) is 0 Å². The maximum Gasteiger partial charge on any atom is 0.252 e. The van der Waals surface area contributed by atoms with Crippen molar-refractivity contribution in [2.75, 3.05) is 19.6 Å². The van der Waals surface area contributed by atoms with E-state index in [9.17, 15) is 9.59 Å². The van der Waals surface area contributed by atoms with E-state index < -0.39 is 0 Å². The van der Waals surface area contributed by atoms with Crippen LogP contribution in [0, 0.1) is 5.92 Å². The Labute approximate surface area is 127 Å². The summed E-state index contributed by atoms with van der Waals surface area (Å²) in [5.41, 5.74) is 0.549. The van der Waals surface area contributed by atoms with Gasteiger partial charge in [-0.1, -0.05) is 19.1 Å². The molecule has 1 fully saturated rings. The molecule has 0 spiro atoms. The fourth-order valence-corrected chi connectivity index (χ4v) is 2.73. The summed E-state index contributed by atoms with van der Waals surface area (Å²) in [4.78, 5) is 25.9. The molecule has 1 saturated heterocycles. The zero-order valence-corrected chi connectivity index (χ0v) is 13.1. The maximum atomic E-state index is 12.0. The molecule has 0 saturated carbocycles. The van der Waals surface area contributed by atoms with E-state index in [4.69, 9.17) is 0 Å².